The summed E-state index contributed by atoms with van der Waals surface area (Å²) in [6.45, 7) is 3.90. The van der Waals surface area contributed by atoms with Gasteiger partial charge in [0.15, 0.2) is 0 Å². The fourth-order valence-corrected chi connectivity index (χ4v) is 3.93. The van der Waals surface area contributed by atoms with Gasteiger partial charge in [0.2, 0.25) is 5.91 Å². The molecule has 0 radical (unpaired) electrons. The van der Waals surface area contributed by atoms with Crippen LogP contribution in [-0.2, 0) is 9.53 Å². The molecule has 134 valence electrons. The highest BCUT2D eigenvalue weighted by molar-refractivity contribution is 7.99. The molecule has 0 fully saturated rings. The molecule has 1 aromatic carbocycles. The molecule has 0 unspecified atom stereocenters. The zero-order chi connectivity index (χ0) is 18.2. The van der Waals surface area contributed by atoms with Gasteiger partial charge in [-0.1, -0.05) is 0 Å². The van der Waals surface area contributed by atoms with Crippen LogP contribution in [0.2, 0.25) is 0 Å². The summed E-state index contributed by atoms with van der Waals surface area (Å²) in [4.78, 5) is 25.3. The van der Waals surface area contributed by atoms with E-state index in [0.717, 1.165) is 16.2 Å². The average Bonchev–Trinajstić information content (AvgIpc) is 2.94. The van der Waals surface area contributed by atoms with Gasteiger partial charge in [0.1, 0.15) is 10.7 Å². The van der Waals surface area contributed by atoms with Gasteiger partial charge in [-0.05, 0) is 61.9 Å². The number of hydrogen-bond acceptors (Lipinski definition) is 5. The number of esters is 1. The van der Waals surface area contributed by atoms with Crippen molar-refractivity contribution in [3.8, 4) is 0 Å². The fraction of sp³-hybridized carbons (Fsp3) is 0.333. The van der Waals surface area contributed by atoms with E-state index in [1.165, 1.54) is 23.5 Å². The highest BCUT2D eigenvalue weighted by Gasteiger charge is 2.15. The smallest absolute Gasteiger partial charge is 0.348 e. The third-order valence-corrected chi connectivity index (χ3v) is 5.50. The summed E-state index contributed by atoms with van der Waals surface area (Å²) >= 11 is 2.81. The summed E-state index contributed by atoms with van der Waals surface area (Å²) in [5, 5.41) is 3.47. The molecule has 1 aromatic heterocycles. The van der Waals surface area contributed by atoms with Gasteiger partial charge in [0.25, 0.3) is 0 Å². The maximum atomic E-state index is 12.8. The molecule has 2 aromatic rings. The van der Waals surface area contributed by atoms with Crippen LogP contribution in [0, 0.1) is 12.7 Å². The summed E-state index contributed by atoms with van der Waals surface area (Å²) in [7, 11) is 0. The van der Waals surface area contributed by atoms with E-state index in [4.69, 9.17) is 4.74 Å². The van der Waals surface area contributed by atoms with Gasteiger partial charge in [0.05, 0.1) is 11.6 Å². The van der Waals surface area contributed by atoms with Crippen LogP contribution in [0.25, 0.3) is 0 Å². The lowest BCUT2D eigenvalue weighted by Gasteiger charge is -2.03. The lowest BCUT2D eigenvalue weighted by molar-refractivity contribution is -0.116. The lowest BCUT2D eigenvalue weighted by Crippen LogP contribution is -2.10. The lowest BCUT2D eigenvalue weighted by atomic mass is 10.3. The molecule has 0 atom stereocenters. The molecule has 2 rings (SSSR count). The van der Waals surface area contributed by atoms with Gasteiger partial charge in [-0.15, -0.1) is 23.1 Å². The summed E-state index contributed by atoms with van der Waals surface area (Å²) in [5.74, 6) is 0.0751. The second-order valence-corrected chi connectivity index (χ2v) is 7.52. The predicted molar refractivity (Wildman–Crippen MR) is 100 cm³/mol. The Morgan fingerprint density at radius 1 is 1.28 bits per heavy atom. The number of anilines is 1. The molecule has 7 heteroatoms. The molecule has 1 amide bonds. The molecule has 0 aliphatic heterocycles. The summed E-state index contributed by atoms with van der Waals surface area (Å²) in [6.07, 6.45) is 1.10. The molecule has 1 N–H and O–H groups in total. The van der Waals surface area contributed by atoms with Crippen molar-refractivity contribution in [2.45, 2.75) is 31.6 Å². The molecular formula is C18H20FNO3S2. The number of halogens is 1. The standard InChI is InChI=1S/C18H20FNO3S2/c1-3-23-18(22)17-12(2)11-16(25-17)20-15(21)5-4-10-24-14-8-6-13(19)7-9-14/h6-9,11H,3-5,10H2,1-2H3,(H,20,21). The average molecular weight is 381 g/mol. The van der Waals surface area contributed by atoms with E-state index < -0.39 is 0 Å². The Bertz CT molecular complexity index is 728. The van der Waals surface area contributed by atoms with Crippen molar-refractivity contribution >= 4 is 40.0 Å². The fourth-order valence-electron chi connectivity index (χ4n) is 2.10. The van der Waals surface area contributed by atoms with Crippen molar-refractivity contribution in [2.24, 2.45) is 0 Å². The Kier molecular flexibility index (Phi) is 7.46. The minimum absolute atomic E-state index is 0.0867. The van der Waals surface area contributed by atoms with Gasteiger partial charge in [-0.25, -0.2) is 9.18 Å². The monoisotopic (exact) mass is 381 g/mol. The minimum Gasteiger partial charge on any atom is -0.462 e. The first-order valence-electron chi connectivity index (χ1n) is 7.95. The number of benzene rings is 1. The van der Waals surface area contributed by atoms with Gasteiger partial charge in [-0.2, -0.15) is 0 Å². The number of amides is 1. The van der Waals surface area contributed by atoms with E-state index in [2.05, 4.69) is 5.32 Å². The first kappa shape index (κ1) is 19.5. The molecule has 0 aliphatic carbocycles. The van der Waals surface area contributed by atoms with Gasteiger partial charge in [-0.3, -0.25) is 4.79 Å². The van der Waals surface area contributed by atoms with Gasteiger partial charge >= 0.3 is 5.97 Å². The van der Waals surface area contributed by atoms with Crippen LogP contribution in [0.1, 0.15) is 35.0 Å². The second-order valence-electron chi connectivity index (χ2n) is 5.30. The minimum atomic E-state index is -0.360. The normalized spacial score (nSPS) is 10.5. The summed E-state index contributed by atoms with van der Waals surface area (Å²) < 4.78 is 17.8. The quantitative estimate of drug-likeness (QED) is 0.402. The van der Waals surface area contributed by atoms with Crippen molar-refractivity contribution in [1.29, 1.82) is 0 Å². The highest BCUT2D eigenvalue weighted by atomic mass is 32.2. The number of thioether (sulfide) groups is 1. The van der Waals surface area contributed by atoms with E-state index in [1.54, 1.807) is 36.9 Å². The molecule has 0 spiro atoms. The van der Waals surface area contributed by atoms with Crippen molar-refractivity contribution in [2.75, 3.05) is 17.7 Å². The van der Waals surface area contributed by atoms with E-state index in [-0.39, 0.29) is 17.7 Å². The van der Waals surface area contributed by atoms with Crippen LogP contribution in [0.15, 0.2) is 35.2 Å². The Labute approximate surface area is 154 Å². The van der Waals surface area contributed by atoms with Gasteiger partial charge < -0.3 is 10.1 Å². The number of ether oxygens (including phenoxy) is 1. The third kappa shape index (κ3) is 6.17. The van der Waals surface area contributed by atoms with Crippen LogP contribution in [0.5, 0.6) is 0 Å². The van der Waals surface area contributed by atoms with Crippen LogP contribution < -0.4 is 5.32 Å². The zero-order valence-corrected chi connectivity index (χ0v) is 15.8. The molecule has 0 aliphatic rings. The Hall–Kier alpha value is -1.86. The number of hydrogen-bond donors (Lipinski definition) is 1. The molecule has 0 bridgehead atoms. The number of aryl methyl sites for hydroxylation is 1. The first-order valence-corrected chi connectivity index (χ1v) is 9.75. The third-order valence-electron chi connectivity index (χ3n) is 3.27. The van der Waals surface area contributed by atoms with Crippen molar-refractivity contribution < 1.29 is 18.7 Å². The maximum Gasteiger partial charge on any atom is 0.348 e. The van der Waals surface area contributed by atoms with E-state index >= 15 is 0 Å². The van der Waals surface area contributed by atoms with Crippen LogP contribution >= 0.6 is 23.1 Å². The molecule has 0 saturated heterocycles. The van der Waals surface area contributed by atoms with E-state index in [9.17, 15) is 14.0 Å². The predicted octanol–water partition coefficient (Wildman–Crippen LogP) is 4.88. The summed E-state index contributed by atoms with van der Waals surface area (Å²) in [5.41, 5.74) is 0.797. The Morgan fingerprint density at radius 3 is 2.68 bits per heavy atom. The van der Waals surface area contributed by atoms with E-state index in [0.29, 0.717) is 29.3 Å². The van der Waals surface area contributed by atoms with Crippen LogP contribution in [0.4, 0.5) is 9.39 Å². The number of rotatable bonds is 8. The summed E-state index contributed by atoms with van der Waals surface area (Å²) in [6, 6.07) is 8.09. The number of thiophene rings is 1. The number of carbonyl (C=O) groups excluding carboxylic acids is 2. The highest BCUT2D eigenvalue weighted by Crippen LogP contribution is 2.27. The van der Waals surface area contributed by atoms with Crippen molar-refractivity contribution in [3.63, 3.8) is 0 Å². The van der Waals surface area contributed by atoms with Crippen molar-refractivity contribution in [3.05, 3.63) is 46.6 Å². The largest absolute Gasteiger partial charge is 0.462 e. The van der Waals surface area contributed by atoms with Crippen LogP contribution in [-0.4, -0.2) is 24.2 Å². The SMILES string of the molecule is CCOC(=O)c1sc(NC(=O)CCCSc2ccc(F)cc2)cc1C. The number of nitrogens with one attached hydrogen (secondary N) is 1. The maximum absolute atomic E-state index is 12.8. The molecule has 0 saturated carbocycles. The number of carbonyl (C=O) groups is 2. The van der Waals surface area contributed by atoms with Crippen molar-refractivity contribution in [1.82, 2.24) is 0 Å². The van der Waals surface area contributed by atoms with Gasteiger partial charge in [0, 0.05) is 11.3 Å². The molecule has 4 nitrogen and oxygen atoms in total. The topological polar surface area (TPSA) is 55.4 Å². The Balaban J connectivity index is 1.75. The molecular weight excluding hydrogens is 361 g/mol. The van der Waals surface area contributed by atoms with Crippen LogP contribution in [0.3, 0.4) is 0 Å². The zero-order valence-electron chi connectivity index (χ0n) is 14.1. The van der Waals surface area contributed by atoms with E-state index in [1.807, 2.05) is 6.92 Å². The first-order chi connectivity index (χ1) is 12.0. The Morgan fingerprint density at radius 2 is 2.00 bits per heavy atom. The molecule has 25 heavy (non-hydrogen) atoms. The second kappa shape index (κ2) is 9.58. The molecule has 1 heterocycles.